The lowest BCUT2D eigenvalue weighted by atomic mass is 10.1. The van der Waals surface area contributed by atoms with Crippen molar-refractivity contribution in [2.45, 2.75) is 6.61 Å². The third-order valence-electron chi connectivity index (χ3n) is 1.70. The first-order chi connectivity index (χ1) is 5.77. The lowest BCUT2D eigenvalue weighted by molar-refractivity contribution is 0.150. The summed E-state index contributed by atoms with van der Waals surface area (Å²) in [6.07, 6.45) is -0.534. The summed E-state index contributed by atoms with van der Waals surface area (Å²) in [5.74, 6) is -0.354. The molecule has 0 aromatic heterocycles. The van der Waals surface area contributed by atoms with E-state index in [1.807, 2.05) is 0 Å². The van der Waals surface area contributed by atoms with Gasteiger partial charge in [0.25, 0.3) is 0 Å². The number of fused-ring (bicyclic) bond motifs is 1. The molecule has 1 amide bonds. The van der Waals surface area contributed by atoms with Crippen molar-refractivity contribution < 1.29 is 13.9 Å². The second kappa shape index (κ2) is 2.48. The summed E-state index contributed by atoms with van der Waals surface area (Å²) in [4.78, 5) is 10.7. The molecule has 0 bridgehead atoms. The van der Waals surface area contributed by atoms with E-state index in [0.29, 0.717) is 11.3 Å². The van der Waals surface area contributed by atoms with E-state index in [4.69, 9.17) is 0 Å². The summed E-state index contributed by atoms with van der Waals surface area (Å²) in [5.41, 5.74) is 0.892. The molecule has 0 unspecified atom stereocenters. The van der Waals surface area contributed by atoms with Crippen LogP contribution in [0.3, 0.4) is 0 Å². The summed E-state index contributed by atoms with van der Waals surface area (Å²) in [5, 5.41) is 2.40. The van der Waals surface area contributed by atoms with Crippen LogP contribution >= 0.6 is 0 Å². The Hall–Kier alpha value is -1.58. The second-order valence-electron chi connectivity index (χ2n) is 2.47. The van der Waals surface area contributed by atoms with Gasteiger partial charge in [-0.3, -0.25) is 5.32 Å². The van der Waals surface area contributed by atoms with Crippen LogP contribution < -0.4 is 5.32 Å². The molecule has 4 heteroatoms. The van der Waals surface area contributed by atoms with E-state index in [9.17, 15) is 9.18 Å². The van der Waals surface area contributed by atoms with Crippen LogP contribution in [0, 0.1) is 5.82 Å². The van der Waals surface area contributed by atoms with Gasteiger partial charge < -0.3 is 4.74 Å². The van der Waals surface area contributed by atoms with E-state index < -0.39 is 6.09 Å². The Kier molecular flexibility index (Phi) is 1.46. The number of hydrogen-bond acceptors (Lipinski definition) is 2. The van der Waals surface area contributed by atoms with Crippen molar-refractivity contribution in [1.29, 1.82) is 0 Å². The predicted octanol–water partition coefficient (Wildman–Crippen LogP) is 1.89. The molecule has 0 radical (unpaired) electrons. The largest absolute Gasteiger partial charge is 0.444 e. The Morgan fingerprint density at radius 3 is 3.17 bits per heavy atom. The molecule has 0 fully saturated rings. The van der Waals surface area contributed by atoms with Crippen molar-refractivity contribution in [2.75, 3.05) is 5.32 Å². The summed E-state index contributed by atoms with van der Waals surface area (Å²) in [6, 6.07) is 4.51. The van der Waals surface area contributed by atoms with Gasteiger partial charge in [0, 0.05) is 5.56 Å². The molecule has 1 aromatic rings. The van der Waals surface area contributed by atoms with Gasteiger partial charge in [-0.2, -0.15) is 0 Å². The molecule has 1 aliphatic rings. The summed E-state index contributed by atoms with van der Waals surface area (Å²) >= 11 is 0. The average molecular weight is 167 g/mol. The fraction of sp³-hybridized carbons (Fsp3) is 0.125. The Morgan fingerprint density at radius 1 is 1.50 bits per heavy atom. The first-order valence-corrected chi connectivity index (χ1v) is 3.48. The molecular formula is C8H6FNO2. The summed E-state index contributed by atoms with van der Waals surface area (Å²) in [6.45, 7) is 0.00778. The van der Waals surface area contributed by atoms with Crippen molar-refractivity contribution in [1.82, 2.24) is 0 Å². The summed E-state index contributed by atoms with van der Waals surface area (Å²) < 4.78 is 17.6. The van der Waals surface area contributed by atoms with Gasteiger partial charge in [-0.05, 0) is 12.1 Å². The molecule has 1 N–H and O–H groups in total. The Balaban J connectivity index is 2.48. The number of benzene rings is 1. The highest BCUT2D eigenvalue weighted by Crippen LogP contribution is 2.23. The van der Waals surface area contributed by atoms with Crippen molar-refractivity contribution >= 4 is 11.8 Å². The molecule has 2 rings (SSSR count). The minimum Gasteiger partial charge on any atom is -0.444 e. The van der Waals surface area contributed by atoms with E-state index in [0.717, 1.165) is 0 Å². The van der Waals surface area contributed by atoms with Gasteiger partial charge in [-0.15, -0.1) is 0 Å². The van der Waals surface area contributed by atoms with Gasteiger partial charge >= 0.3 is 6.09 Å². The van der Waals surface area contributed by atoms with Gasteiger partial charge in [0.15, 0.2) is 0 Å². The number of hydrogen-bond donors (Lipinski definition) is 1. The van der Waals surface area contributed by atoms with E-state index in [1.54, 1.807) is 12.1 Å². The van der Waals surface area contributed by atoms with Crippen LogP contribution in [-0.2, 0) is 11.3 Å². The smallest absolute Gasteiger partial charge is 0.411 e. The maximum absolute atomic E-state index is 13.0. The van der Waals surface area contributed by atoms with Gasteiger partial charge in [0.1, 0.15) is 12.4 Å². The summed E-state index contributed by atoms with van der Waals surface area (Å²) in [7, 11) is 0. The third kappa shape index (κ3) is 1.01. The minimum atomic E-state index is -0.534. The second-order valence-corrected chi connectivity index (χ2v) is 2.47. The van der Waals surface area contributed by atoms with E-state index in [-0.39, 0.29) is 12.4 Å². The normalized spacial score (nSPS) is 14.6. The zero-order chi connectivity index (χ0) is 8.55. The number of amides is 1. The number of carbonyl (C=O) groups excluding carboxylic acids is 1. The topological polar surface area (TPSA) is 38.3 Å². The average Bonchev–Trinajstić information content (AvgIpc) is 2.04. The fourth-order valence-electron chi connectivity index (χ4n) is 1.11. The standard InChI is InChI=1S/C8H6FNO2/c9-6-2-1-3-7-5(6)4-12-8(11)10-7/h1-3H,4H2,(H,10,11). The highest BCUT2D eigenvalue weighted by Gasteiger charge is 2.17. The number of nitrogens with one attached hydrogen (secondary N) is 1. The minimum absolute atomic E-state index is 0.00778. The third-order valence-corrected chi connectivity index (χ3v) is 1.70. The zero-order valence-corrected chi connectivity index (χ0v) is 6.13. The van der Waals surface area contributed by atoms with Gasteiger partial charge in [0.05, 0.1) is 5.69 Å². The molecule has 1 heterocycles. The zero-order valence-electron chi connectivity index (χ0n) is 6.13. The van der Waals surface area contributed by atoms with Crippen LogP contribution in [0.2, 0.25) is 0 Å². The maximum Gasteiger partial charge on any atom is 0.411 e. The maximum atomic E-state index is 13.0. The van der Waals surface area contributed by atoms with Crippen LogP contribution in [0.25, 0.3) is 0 Å². The SMILES string of the molecule is O=C1Nc2cccc(F)c2CO1. The molecule has 0 saturated carbocycles. The molecule has 0 aliphatic carbocycles. The first kappa shape index (κ1) is 7.09. The quantitative estimate of drug-likeness (QED) is 0.640. The number of ether oxygens (including phenoxy) is 1. The molecule has 62 valence electrons. The van der Waals surface area contributed by atoms with Crippen molar-refractivity contribution in [3.05, 3.63) is 29.6 Å². The lowest BCUT2D eigenvalue weighted by Crippen LogP contribution is -2.20. The number of carbonyl (C=O) groups is 1. The molecule has 1 aromatic carbocycles. The highest BCUT2D eigenvalue weighted by atomic mass is 19.1. The van der Waals surface area contributed by atoms with Gasteiger partial charge in [-0.25, -0.2) is 9.18 Å². The molecule has 12 heavy (non-hydrogen) atoms. The molecule has 3 nitrogen and oxygen atoms in total. The Labute approximate surface area is 68.1 Å². The first-order valence-electron chi connectivity index (χ1n) is 3.48. The van der Waals surface area contributed by atoms with Crippen molar-refractivity contribution in [2.24, 2.45) is 0 Å². The van der Waals surface area contributed by atoms with E-state index >= 15 is 0 Å². The molecule has 1 aliphatic heterocycles. The number of halogens is 1. The molecular weight excluding hydrogens is 161 g/mol. The van der Waals surface area contributed by atoms with Crippen molar-refractivity contribution in [3.8, 4) is 0 Å². The van der Waals surface area contributed by atoms with E-state index in [2.05, 4.69) is 10.1 Å². The predicted molar refractivity (Wildman–Crippen MR) is 40.2 cm³/mol. The Bertz CT molecular complexity index is 338. The van der Waals surface area contributed by atoms with Crippen LogP contribution in [-0.4, -0.2) is 6.09 Å². The van der Waals surface area contributed by atoms with Gasteiger partial charge in [-0.1, -0.05) is 6.07 Å². The molecule has 0 saturated heterocycles. The number of cyclic esters (lactones) is 1. The van der Waals surface area contributed by atoms with Crippen molar-refractivity contribution in [3.63, 3.8) is 0 Å². The molecule has 0 atom stereocenters. The van der Waals surface area contributed by atoms with E-state index in [1.165, 1.54) is 6.07 Å². The number of rotatable bonds is 0. The lowest BCUT2D eigenvalue weighted by Gasteiger charge is -2.17. The monoisotopic (exact) mass is 167 g/mol. The van der Waals surface area contributed by atoms with Crippen LogP contribution in [0.15, 0.2) is 18.2 Å². The number of anilines is 1. The fourth-order valence-corrected chi connectivity index (χ4v) is 1.11. The highest BCUT2D eigenvalue weighted by molar-refractivity contribution is 5.87. The van der Waals surface area contributed by atoms with Gasteiger partial charge in [0.2, 0.25) is 0 Å². The Morgan fingerprint density at radius 2 is 2.33 bits per heavy atom. The molecule has 0 spiro atoms. The van der Waals surface area contributed by atoms with Crippen LogP contribution in [0.1, 0.15) is 5.56 Å². The van der Waals surface area contributed by atoms with Crippen LogP contribution in [0.4, 0.5) is 14.9 Å². The van der Waals surface area contributed by atoms with Crippen LogP contribution in [0.5, 0.6) is 0 Å².